The molecule has 0 radical (unpaired) electrons. The topological polar surface area (TPSA) is 101 Å². The van der Waals surface area contributed by atoms with Crippen molar-refractivity contribution in [1.82, 2.24) is 15.1 Å². The highest BCUT2D eigenvalue weighted by Crippen LogP contribution is 2.39. The molecule has 3 amide bonds. The number of carbonyl (C=O) groups is 3. The van der Waals surface area contributed by atoms with Crippen molar-refractivity contribution in [3.8, 4) is 11.5 Å². The minimum absolute atomic E-state index is 0.00605. The van der Waals surface area contributed by atoms with Gasteiger partial charge in [0.1, 0.15) is 18.7 Å². The van der Waals surface area contributed by atoms with E-state index in [1.165, 1.54) is 0 Å². The lowest BCUT2D eigenvalue weighted by Gasteiger charge is -2.43. The summed E-state index contributed by atoms with van der Waals surface area (Å²) in [6.07, 6.45) is 0.945. The van der Waals surface area contributed by atoms with Gasteiger partial charge in [-0.3, -0.25) is 14.4 Å². The molecular formula is C32H34N4O6. The second-order valence-electron chi connectivity index (χ2n) is 10.8. The van der Waals surface area contributed by atoms with Gasteiger partial charge in [0.2, 0.25) is 18.6 Å². The predicted molar refractivity (Wildman–Crippen MR) is 155 cm³/mol. The van der Waals surface area contributed by atoms with Crippen LogP contribution in [-0.4, -0.2) is 72.8 Å². The van der Waals surface area contributed by atoms with Crippen LogP contribution in [0.15, 0.2) is 78.9 Å². The van der Waals surface area contributed by atoms with Crippen molar-refractivity contribution in [2.24, 2.45) is 0 Å². The summed E-state index contributed by atoms with van der Waals surface area (Å²) in [5, 5.41) is 2.92. The first-order valence-electron chi connectivity index (χ1n) is 14.2. The van der Waals surface area contributed by atoms with Crippen LogP contribution < -0.4 is 19.7 Å². The van der Waals surface area contributed by atoms with E-state index in [0.717, 1.165) is 16.8 Å². The molecule has 0 aliphatic carbocycles. The number of ether oxygens (including phenoxy) is 3. The molecule has 0 unspecified atom stereocenters. The average molecular weight is 571 g/mol. The zero-order valence-corrected chi connectivity index (χ0v) is 23.4. The van der Waals surface area contributed by atoms with Gasteiger partial charge in [0.25, 0.3) is 5.91 Å². The van der Waals surface area contributed by atoms with Crippen LogP contribution in [0.3, 0.4) is 0 Å². The van der Waals surface area contributed by atoms with E-state index in [2.05, 4.69) is 10.2 Å². The number of benzene rings is 3. The number of amides is 3. The minimum Gasteiger partial charge on any atom is -0.454 e. The van der Waals surface area contributed by atoms with Crippen molar-refractivity contribution >= 4 is 23.4 Å². The summed E-state index contributed by atoms with van der Waals surface area (Å²) >= 11 is 0. The fraction of sp³-hybridized carbons (Fsp3) is 0.344. The van der Waals surface area contributed by atoms with E-state index >= 15 is 0 Å². The predicted octanol–water partition coefficient (Wildman–Crippen LogP) is 2.92. The van der Waals surface area contributed by atoms with Gasteiger partial charge in [0.15, 0.2) is 11.5 Å². The largest absolute Gasteiger partial charge is 0.454 e. The van der Waals surface area contributed by atoms with Crippen LogP contribution in [0.5, 0.6) is 11.5 Å². The van der Waals surface area contributed by atoms with Crippen LogP contribution in [0.1, 0.15) is 24.0 Å². The van der Waals surface area contributed by atoms with Crippen molar-refractivity contribution in [2.75, 3.05) is 44.6 Å². The highest BCUT2D eigenvalue weighted by atomic mass is 16.7. The van der Waals surface area contributed by atoms with E-state index in [1.807, 2.05) is 78.9 Å². The van der Waals surface area contributed by atoms with Crippen LogP contribution in [0.4, 0.5) is 5.69 Å². The fourth-order valence-corrected chi connectivity index (χ4v) is 5.85. The van der Waals surface area contributed by atoms with Crippen LogP contribution in [0, 0.1) is 0 Å². The Morgan fingerprint density at radius 2 is 1.60 bits per heavy atom. The number of para-hydroxylation sites is 1. The quantitative estimate of drug-likeness (QED) is 0.422. The molecule has 1 spiro atoms. The Bertz CT molecular complexity index is 1430. The highest BCUT2D eigenvalue weighted by Gasteiger charge is 2.54. The summed E-state index contributed by atoms with van der Waals surface area (Å²) in [5.74, 6) is 0.930. The molecular weight excluding hydrogens is 536 g/mol. The molecule has 0 bridgehead atoms. The van der Waals surface area contributed by atoms with Gasteiger partial charge in [0, 0.05) is 25.3 Å². The number of hydrogen-bond donors (Lipinski definition) is 1. The standard InChI is InChI=1S/C32H34N4O6/c37-29(33-18-25-11-12-27-28(17-25)42-23-41-27)19-35-22-36(26-9-5-2-6-10-26)32(31(35)39)13-15-34(16-14-32)30(38)21-40-20-24-7-3-1-4-8-24/h1-12,17H,13-16,18-23H2,(H,33,37). The van der Waals surface area contributed by atoms with E-state index in [4.69, 9.17) is 14.2 Å². The summed E-state index contributed by atoms with van der Waals surface area (Å²) < 4.78 is 16.4. The fourth-order valence-electron chi connectivity index (χ4n) is 5.85. The number of likely N-dealkylation sites (tertiary alicyclic amines) is 1. The monoisotopic (exact) mass is 570 g/mol. The maximum Gasteiger partial charge on any atom is 0.250 e. The van der Waals surface area contributed by atoms with E-state index in [0.29, 0.717) is 57.3 Å². The van der Waals surface area contributed by atoms with Gasteiger partial charge in [-0.25, -0.2) is 0 Å². The minimum atomic E-state index is -0.819. The third-order valence-corrected chi connectivity index (χ3v) is 8.12. The first kappa shape index (κ1) is 27.6. The van der Waals surface area contributed by atoms with Gasteiger partial charge in [0.05, 0.1) is 13.3 Å². The maximum absolute atomic E-state index is 14.0. The highest BCUT2D eigenvalue weighted by molar-refractivity contribution is 5.96. The second kappa shape index (κ2) is 12.1. The Morgan fingerprint density at radius 1 is 0.881 bits per heavy atom. The van der Waals surface area contributed by atoms with Gasteiger partial charge >= 0.3 is 0 Å². The van der Waals surface area contributed by atoms with Crippen LogP contribution in [0.2, 0.25) is 0 Å². The number of hydrogen-bond acceptors (Lipinski definition) is 7. The molecule has 0 aromatic heterocycles. The Morgan fingerprint density at radius 3 is 2.36 bits per heavy atom. The summed E-state index contributed by atoms with van der Waals surface area (Å²) in [6, 6.07) is 25.1. The van der Waals surface area contributed by atoms with Gasteiger partial charge in [-0.2, -0.15) is 0 Å². The molecule has 218 valence electrons. The number of nitrogens with zero attached hydrogens (tertiary/aromatic N) is 3. The molecule has 10 nitrogen and oxygen atoms in total. The maximum atomic E-state index is 14.0. The molecule has 3 heterocycles. The van der Waals surface area contributed by atoms with Crippen molar-refractivity contribution in [3.05, 3.63) is 90.0 Å². The van der Waals surface area contributed by atoms with E-state index in [1.54, 1.807) is 9.80 Å². The SMILES string of the molecule is O=C(CN1CN(c2ccccc2)C2(CCN(C(=O)COCc3ccccc3)CC2)C1=O)NCc1ccc2c(c1)OCO2. The lowest BCUT2D eigenvalue weighted by atomic mass is 9.85. The normalized spacial score (nSPS) is 17.1. The lowest BCUT2D eigenvalue weighted by molar-refractivity contribution is -0.142. The Kier molecular flexibility index (Phi) is 7.96. The first-order chi connectivity index (χ1) is 20.5. The zero-order valence-electron chi connectivity index (χ0n) is 23.4. The molecule has 3 aromatic carbocycles. The Balaban J connectivity index is 1.08. The molecule has 3 aliphatic heterocycles. The van der Waals surface area contributed by atoms with Crippen LogP contribution >= 0.6 is 0 Å². The molecule has 2 fully saturated rings. The zero-order chi connectivity index (χ0) is 28.9. The molecule has 6 rings (SSSR count). The van der Waals surface area contributed by atoms with E-state index in [9.17, 15) is 14.4 Å². The molecule has 3 aromatic rings. The summed E-state index contributed by atoms with van der Waals surface area (Å²) in [7, 11) is 0. The molecule has 0 saturated carbocycles. The average Bonchev–Trinajstić information content (AvgIpc) is 3.60. The number of rotatable bonds is 9. The molecule has 0 atom stereocenters. The second-order valence-corrected chi connectivity index (χ2v) is 10.8. The molecule has 10 heteroatoms. The smallest absolute Gasteiger partial charge is 0.250 e. The van der Waals surface area contributed by atoms with Crippen molar-refractivity contribution in [2.45, 2.75) is 31.5 Å². The van der Waals surface area contributed by atoms with Gasteiger partial charge in [-0.05, 0) is 48.2 Å². The summed E-state index contributed by atoms with van der Waals surface area (Å²) in [5.41, 5.74) is 1.99. The summed E-state index contributed by atoms with van der Waals surface area (Å²) in [6.45, 7) is 1.99. The van der Waals surface area contributed by atoms with E-state index in [-0.39, 0.29) is 37.7 Å². The number of nitrogens with one attached hydrogen (secondary N) is 1. The van der Waals surface area contributed by atoms with Crippen molar-refractivity contribution < 1.29 is 28.6 Å². The van der Waals surface area contributed by atoms with Crippen molar-refractivity contribution in [3.63, 3.8) is 0 Å². The summed E-state index contributed by atoms with van der Waals surface area (Å²) in [4.78, 5) is 45.3. The van der Waals surface area contributed by atoms with Gasteiger partial charge in [-0.1, -0.05) is 54.6 Å². The number of piperidine rings is 1. The molecule has 3 aliphatic rings. The van der Waals surface area contributed by atoms with Crippen LogP contribution in [0.25, 0.3) is 0 Å². The molecule has 1 N–H and O–H groups in total. The lowest BCUT2D eigenvalue weighted by Crippen LogP contribution is -2.57. The third-order valence-electron chi connectivity index (χ3n) is 8.12. The van der Waals surface area contributed by atoms with Crippen LogP contribution in [-0.2, 0) is 32.3 Å². The van der Waals surface area contributed by atoms with Crippen molar-refractivity contribution in [1.29, 1.82) is 0 Å². The Hall–Kier alpha value is -4.57. The number of anilines is 1. The number of fused-ring (bicyclic) bond motifs is 1. The van der Waals surface area contributed by atoms with E-state index < -0.39 is 5.54 Å². The van der Waals surface area contributed by atoms with Gasteiger partial charge < -0.3 is 34.2 Å². The third kappa shape index (κ3) is 5.75. The Labute approximate surface area is 244 Å². The first-order valence-corrected chi connectivity index (χ1v) is 14.2. The molecule has 42 heavy (non-hydrogen) atoms. The molecule has 2 saturated heterocycles. The van der Waals surface area contributed by atoms with Gasteiger partial charge in [-0.15, -0.1) is 0 Å². The number of carbonyl (C=O) groups excluding carboxylic acids is 3.